The highest BCUT2D eigenvalue weighted by Gasteiger charge is 2.25. The molecule has 1 aliphatic carbocycles. The van der Waals surface area contributed by atoms with Crippen molar-refractivity contribution in [2.45, 2.75) is 91.1 Å². The molecule has 0 aromatic carbocycles. The number of hydrogen-bond acceptors (Lipinski definition) is 2. The van der Waals surface area contributed by atoms with Gasteiger partial charge in [-0.1, -0.05) is 46.0 Å². The van der Waals surface area contributed by atoms with Crippen molar-refractivity contribution in [3.8, 4) is 0 Å². The van der Waals surface area contributed by atoms with Crippen molar-refractivity contribution >= 4 is 0 Å². The summed E-state index contributed by atoms with van der Waals surface area (Å²) in [5, 5.41) is 3.79. The van der Waals surface area contributed by atoms with E-state index in [1.165, 1.54) is 64.5 Å². The summed E-state index contributed by atoms with van der Waals surface area (Å²) in [6.45, 7) is 12.9. The SMILES string of the molecule is CCCCCN(CC(NCC)C1CCCCC1)C(C)C. The molecule has 1 saturated carbocycles. The van der Waals surface area contributed by atoms with Crippen LogP contribution in [0.3, 0.4) is 0 Å². The smallest absolute Gasteiger partial charge is 0.0223 e. The van der Waals surface area contributed by atoms with Crippen LogP contribution in [0.15, 0.2) is 0 Å². The first-order valence-electron chi connectivity index (χ1n) is 9.16. The van der Waals surface area contributed by atoms with Gasteiger partial charge in [0.1, 0.15) is 0 Å². The van der Waals surface area contributed by atoms with Crippen LogP contribution in [0, 0.1) is 5.92 Å². The molecule has 2 nitrogen and oxygen atoms in total. The summed E-state index contributed by atoms with van der Waals surface area (Å²) < 4.78 is 0. The van der Waals surface area contributed by atoms with Crippen molar-refractivity contribution in [1.29, 1.82) is 0 Å². The molecule has 0 saturated heterocycles. The van der Waals surface area contributed by atoms with Gasteiger partial charge in [-0.2, -0.15) is 0 Å². The maximum Gasteiger partial charge on any atom is 0.0223 e. The number of unbranched alkanes of at least 4 members (excludes halogenated alkanes) is 2. The molecule has 20 heavy (non-hydrogen) atoms. The Morgan fingerprint density at radius 1 is 1.05 bits per heavy atom. The Morgan fingerprint density at radius 2 is 1.75 bits per heavy atom. The zero-order valence-corrected chi connectivity index (χ0v) is 14.5. The maximum absolute atomic E-state index is 3.79. The molecule has 1 fully saturated rings. The lowest BCUT2D eigenvalue weighted by Gasteiger charge is -2.36. The van der Waals surface area contributed by atoms with Crippen molar-refractivity contribution in [2.24, 2.45) is 5.92 Å². The van der Waals surface area contributed by atoms with Crippen LogP contribution in [-0.2, 0) is 0 Å². The van der Waals surface area contributed by atoms with Gasteiger partial charge in [0, 0.05) is 18.6 Å². The van der Waals surface area contributed by atoms with Gasteiger partial charge in [-0.15, -0.1) is 0 Å². The van der Waals surface area contributed by atoms with Crippen molar-refractivity contribution in [2.75, 3.05) is 19.6 Å². The molecule has 1 unspecified atom stereocenters. The summed E-state index contributed by atoms with van der Waals surface area (Å²) in [6.07, 6.45) is 11.3. The fraction of sp³-hybridized carbons (Fsp3) is 1.00. The summed E-state index contributed by atoms with van der Waals surface area (Å²) in [7, 11) is 0. The van der Waals surface area contributed by atoms with E-state index in [4.69, 9.17) is 0 Å². The molecule has 0 radical (unpaired) electrons. The van der Waals surface area contributed by atoms with Crippen LogP contribution in [0.5, 0.6) is 0 Å². The number of hydrogen-bond donors (Lipinski definition) is 1. The molecule has 1 rings (SSSR count). The second-order valence-corrected chi connectivity index (χ2v) is 6.86. The lowest BCUT2D eigenvalue weighted by Crippen LogP contribution is -2.48. The fourth-order valence-electron chi connectivity index (χ4n) is 3.56. The Bertz CT molecular complexity index is 221. The largest absolute Gasteiger partial charge is 0.313 e. The van der Waals surface area contributed by atoms with E-state index in [1.807, 2.05) is 0 Å². The Morgan fingerprint density at radius 3 is 2.30 bits per heavy atom. The highest BCUT2D eigenvalue weighted by atomic mass is 15.2. The summed E-state index contributed by atoms with van der Waals surface area (Å²) in [4.78, 5) is 2.71. The van der Waals surface area contributed by atoms with Crippen molar-refractivity contribution in [3.05, 3.63) is 0 Å². The average molecular weight is 283 g/mol. The molecule has 0 aliphatic heterocycles. The maximum atomic E-state index is 3.79. The predicted molar refractivity (Wildman–Crippen MR) is 90.3 cm³/mol. The molecular weight excluding hydrogens is 244 g/mol. The lowest BCUT2D eigenvalue weighted by atomic mass is 9.83. The van der Waals surface area contributed by atoms with Gasteiger partial charge in [0.15, 0.2) is 0 Å². The minimum Gasteiger partial charge on any atom is -0.313 e. The molecule has 1 N–H and O–H groups in total. The molecule has 0 bridgehead atoms. The third-order valence-corrected chi connectivity index (χ3v) is 4.90. The second-order valence-electron chi connectivity index (χ2n) is 6.86. The first-order chi connectivity index (χ1) is 9.69. The molecule has 0 amide bonds. The van der Waals surface area contributed by atoms with Crippen molar-refractivity contribution in [1.82, 2.24) is 10.2 Å². The van der Waals surface area contributed by atoms with E-state index in [0.717, 1.165) is 12.5 Å². The fourth-order valence-corrected chi connectivity index (χ4v) is 3.56. The Hall–Kier alpha value is -0.0800. The summed E-state index contributed by atoms with van der Waals surface area (Å²) >= 11 is 0. The van der Waals surface area contributed by atoms with Crippen LogP contribution in [-0.4, -0.2) is 36.6 Å². The topological polar surface area (TPSA) is 15.3 Å². The van der Waals surface area contributed by atoms with Crippen LogP contribution in [0.2, 0.25) is 0 Å². The molecule has 120 valence electrons. The first-order valence-corrected chi connectivity index (χ1v) is 9.16. The van der Waals surface area contributed by atoms with Crippen LogP contribution in [0.25, 0.3) is 0 Å². The first kappa shape index (κ1) is 18.0. The van der Waals surface area contributed by atoms with E-state index in [1.54, 1.807) is 0 Å². The van der Waals surface area contributed by atoms with Gasteiger partial charge in [0.25, 0.3) is 0 Å². The quantitative estimate of drug-likeness (QED) is 0.596. The Labute approximate surface area is 127 Å². The Kier molecular flexibility index (Phi) is 9.54. The molecule has 1 aliphatic rings. The third kappa shape index (κ3) is 6.58. The standard InChI is InChI=1S/C18H38N2/c1-5-7-11-14-20(16(3)4)15-18(19-6-2)17-12-9-8-10-13-17/h16-19H,5-15H2,1-4H3. The normalized spacial score (nSPS) is 18.9. The third-order valence-electron chi connectivity index (χ3n) is 4.90. The van der Waals surface area contributed by atoms with E-state index in [9.17, 15) is 0 Å². The molecule has 1 atom stereocenters. The average Bonchev–Trinajstić information content (AvgIpc) is 2.46. The zero-order valence-electron chi connectivity index (χ0n) is 14.5. The van der Waals surface area contributed by atoms with Gasteiger partial charge in [-0.25, -0.2) is 0 Å². The summed E-state index contributed by atoms with van der Waals surface area (Å²) in [5.74, 6) is 0.913. The highest BCUT2D eigenvalue weighted by Crippen LogP contribution is 2.27. The van der Waals surface area contributed by atoms with Gasteiger partial charge in [-0.05, 0) is 52.1 Å². The summed E-state index contributed by atoms with van der Waals surface area (Å²) in [5.41, 5.74) is 0. The van der Waals surface area contributed by atoms with Crippen LogP contribution >= 0.6 is 0 Å². The molecule has 0 spiro atoms. The molecule has 0 heterocycles. The van der Waals surface area contributed by atoms with E-state index in [2.05, 4.69) is 37.9 Å². The van der Waals surface area contributed by atoms with E-state index < -0.39 is 0 Å². The minimum absolute atomic E-state index is 0.677. The number of rotatable bonds is 10. The predicted octanol–water partition coefficient (Wildman–Crippen LogP) is 4.45. The van der Waals surface area contributed by atoms with Crippen LogP contribution in [0.4, 0.5) is 0 Å². The minimum atomic E-state index is 0.677. The molecular formula is C18H38N2. The van der Waals surface area contributed by atoms with Crippen molar-refractivity contribution < 1.29 is 0 Å². The van der Waals surface area contributed by atoms with Gasteiger partial charge in [0.05, 0.1) is 0 Å². The lowest BCUT2D eigenvalue weighted by molar-refractivity contribution is 0.155. The summed E-state index contributed by atoms with van der Waals surface area (Å²) in [6, 6.07) is 1.39. The van der Waals surface area contributed by atoms with E-state index >= 15 is 0 Å². The number of nitrogens with one attached hydrogen (secondary N) is 1. The van der Waals surface area contributed by atoms with Gasteiger partial charge >= 0.3 is 0 Å². The van der Waals surface area contributed by atoms with Gasteiger partial charge < -0.3 is 5.32 Å². The van der Waals surface area contributed by atoms with Gasteiger partial charge in [-0.3, -0.25) is 4.90 Å². The molecule has 2 heteroatoms. The molecule has 0 aromatic heterocycles. The molecule has 0 aromatic rings. The Balaban J connectivity index is 2.50. The van der Waals surface area contributed by atoms with E-state index in [-0.39, 0.29) is 0 Å². The van der Waals surface area contributed by atoms with Crippen LogP contribution in [0.1, 0.15) is 79.1 Å². The number of nitrogens with zero attached hydrogens (tertiary/aromatic N) is 1. The highest BCUT2D eigenvalue weighted by molar-refractivity contribution is 4.83. The second kappa shape index (κ2) is 10.6. The van der Waals surface area contributed by atoms with E-state index in [0.29, 0.717) is 12.1 Å². The van der Waals surface area contributed by atoms with Gasteiger partial charge in [0.2, 0.25) is 0 Å². The van der Waals surface area contributed by atoms with Crippen molar-refractivity contribution in [3.63, 3.8) is 0 Å². The monoisotopic (exact) mass is 282 g/mol. The van der Waals surface area contributed by atoms with Crippen LogP contribution < -0.4 is 5.32 Å². The number of likely N-dealkylation sites (N-methyl/N-ethyl adjacent to an activating group) is 1. The zero-order chi connectivity index (χ0) is 14.8.